The molecule has 1 saturated heterocycles. The van der Waals surface area contributed by atoms with Gasteiger partial charge in [0.2, 0.25) is 0 Å². The zero-order valence-corrected chi connectivity index (χ0v) is 20.8. The Kier molecular flexibility index (Phi) is 8.76. The lowest BCUT2D eigenvalue weighted by molar-refractivity contribution is -0.139. The molecule has 1 unspecified atom stereocenters. The van der Waals surface area contributed by atoms with E-state index >= 15 is 0 Å². The van der Waals surface area contributed by atoms with E-state index < -0.39 is 17.7 Å². The molecule has 1 heterocycles. The zero-order valence-electron chi connectivity index (χ0n) is 20.8. The predicted octanol–water partition coefficient (Wildman–Crippen LogP) is 3.95. The van der Waals surface area contributed by atoms with Crippen molar-refractivity contribution in [2.75, 3.05) is 40.4 Å². The van der Waals surface area contributed by atoms with Crippen molar-refractivity contribution in [1.82, 2.24) is 9.80 Å². The molecule has 188 valence electrons. The first kappa shape index (κ1) is 26.1. The van der Waals surface area contributed by atoms with Crippen LogP contribution in [-0.4, -0.2) is 72.1 Å². The number of nitrogens with zero attached hydrogens (tertiary/aromatic N) is 2. The highest BCUT2D eigenvalue weighted by Crippen LogP contribution is 2.42. The predicted molar refractivity (Wildman–Crippen MR) is 134 cm³/mol. The van der Waals surface area contributed by atoms with Crippen LogP contribution in [0.15, 0.2) is 48.0 Å². The fourth-order valence-electron chi connectivity index (χ4n) is 4.09. The molecule has 2 aromatic carbocycles. The van der Waals surface area contributed by atoms with Crippen molar-refractivity contribution in [3.05, 3.63) is 59.2 Å². The van der Waals surface area contributed by atoms with Gasteiger partial charge in [0, 0.05) is 12.1 Å². The Morgan fingerprint density at radius 2 is 1.86 bits per heavy atom. The molecule has 1 fully saturated rings. The molecule has 0 aliphatic carbocycles. The molecule has 2 N–H and O–H groups in total. The van der Waals surface area contributed by atoms with Crippen molar-refractivity contribution < 1.29 is 29.3 Å². The number of aliphatic hydroxyl groups is 1. The molecular formula is C27H34N2O6. The Balaban J connectivity index is 2.11. The van der Waals surface area contributed by atoms with Crippen molar-refractivity contribution in [2.45, 2.75) is 32.7 Å². The van der Waals surface area contributed by atoms with Gasteiger partial charge >= 0.3 is 0 Å². The number of ketones is 1. The lowest BCUT2D eigenvalue weighted by Gasteiger charge is -2.26. The molecule has 0 radical (unpaired) electrons. The Morgan fingerprint density at radius 3 is 2.54 bits per heavy atom. The number of Topliss-reactive ketones (excluding diaryl/α,β-unsaturated/α-hetero) is 1. The average molecular weight is 483 g/mol. The fraction of sp³-hybridized carbons (Fsp3) is 0.407. The molecule has 8 heteroatoms. The van der Waals surface area contributed by atoms with Gasteiger partial charge in [-0.3, -0.25) is 9.59 Å². The van der Waals surface area contributed by atoms with Crippen LogP contribution < -0.4 is 9.47 Å². The average Bonchev–Trinajstić information content (AvgIpc) is 3.09. The number of hydrogen-bond acceptors (Lipinski definition) is 7. The lowest BCUT2D eigenvalue weighted by atomic mass is 9.95. The van der Waals surface area contributed by atoms with E-state index in [-0.39, 0.29) is 22.8 Å². The lowest BCUT2D eigenvalue weighted by Crippen LogP contribution is -2.32. The number of rotatable bonds is 11. The molecule has 3 rings (SSSR count). The largest absolute Gasteiger partial charge is 0.507 e. The number of phenols is 1. The maximum absolute atomic E-state index is 13.2. The van der Waals surface area contributed by atoms with Gasteiger partial charge in [-0.15, -0.1) is 0 Å². The van der Waals surface area contributed by atoms with Crippen LogP contribution in [0, 0.1) is 0 Å². The molecule has 0 bridgehead atoms. The summed E-state index contributed by atoms with van der Waals surface area (Å²) in [6.07, 6.45) is 1.48. The minimum absolute atomic E-state index is 0.000586. The highest BCUT2D eigenvalue weighted by molar-refractivity contribution is 6.46. The van der Waals surface area contributed by atoms with Crippen LogP contribution >= 0.6 is 0 Å². The van der Waals surface area contributed by atoms with Gasteiger partial charge in [-0.25, -0.2) is 0 Å². The van der Waals surface area contributed by atoms with Crippen molar-refractivity contribution in [1.29, 1.82) is 0 Å². The summed E-state index contributed by atoms with van der Waals surface area (Å²) >= 11 is 0. The van der Waals surface area contributed by atoms with Crippen molar-refractivity contribution in [2.24, 2.45) is 0 Å². The van der Waals surface area contributed by atoms with Crippen LogP contribution in [0.25, 0.3) is 5.76 Å². The van der Waals surface area contributed by atoms with Gasteiger partial charge in [-0.1, -0.05) is 25.1 Å². The van der Waals surface area contributed by atoms with E-state index in [0.29, 0.717) is 43.1 Å². The number of carbonyl (C=O) groups is 2. The normalized spacial score (nSPS) is 17.3. The third-order valence-electron chi connectivity index (χ3n) is 5.72. The Hall–Kier alpha value is -3.52. The first-order chi connectivity index (χ1) is 16.8. The van der Waals surface area contributed by atoms with Gasteiger partial charge in [0.05, 0.1) is 24.8 Å². The molecular weight excluding hydrogens is 448 g/mol. The Bertz CT molecular complexity index is 1090. The molecule has 0 spiro atoms. The van der Waals surface area contributed by atoms with Gasteiger partial charge < -0.3 is 29.5 Å². The summed E-state index contributed by atoms with van der Waals surface area (Å²) in [6.45, 7) is 5.71. The number of likely N-dealkylation sites (tertiary alicyclic amines) is 1. The molecule has 1 amide bonds. The van der Waals surface area contributed by atoms with E-state index in [4.69, 9.17) is 9.47 Å². The monoisotopic (exact) mass is 482 g/mol. The molecule has 35 heavy (non-hydrogen) atoms. The van der Waals surface area contributed by atoms with Gasteiger partial charge in [0.15, 0.2) is 11.5 Å². The number of ether oxygens (including phenoxy) is 2. The minimum Gasteiger partial charge on any atom is -0.507 e. The number of carbonyl (C=O) groups excluding carboxylic acids is 2. The third-order valence-corrected chi connectivity index (χ3v) is 5.72. The molecule has 1 atom stereocenters. The summed E-state index contributed by atoms with van der Waals surface area (Å²) in [5.74, 6) is -0.907. The van der Waals surface area contributed by atoms with Crippen molar-refractivity contribution in [3.8, 4) is 17.2 Å². The number of aliphatic hydroxyl groups excluding tert-OH is 1. The molecule has 0 saturated carbocycles. The zero-order chi connectivity index (χ0) is 25.5. The summed E-state index contributed by atoms with van der Waals surface area (Å²) in [6, 6.07) is 10.7. The minimum atomic E-state index is -0.822. The number of amides is 1. The van der Waals surface area contributed by atoms with Crippen LogP contribution in [-0.2, 0) is 9.59 Å². The van der Waals surface area contributed by atoms with E-state index in [1.165, 1.54) is 11.0 Å². The summed E-state index contributed by atoms with van der Waals surface area (Å²) in [5.41, 5.74) is 0.953. The Morgan fingerprint density at radius 1 is 1.09 bits per heavy atom. The second-order valence-electron chi connectivity index (χ2n) is 8.69. The first-order valence-corrected chi connectivity index (χ1v) is 11.9. The summed E-state index contributed by atoms with van der Waals surface area (Å²) < 4.78 is 11.2. The molecule has 0 aromatic heterocycles. The van der Waals surface area contributed by atoms with Crippen molar-refractivity contribution in [3.63, 3.8) is 0 Å². The van der Waals surface area contributed by atoms with E-state index in [2.05, 4.69) is 0 Å². The van der Waals surface area contributed by atoms with E-state index in [0.717, 1.165) is 13.0 Å². The second kappa shape index (κ2) is 11.8. The molecule has 1 aliphatic heterocycles. The number of benzene rings is 2. The van der Waals surface area contributed by atoms with Gasteiger partial charge in [-0.2, -0.15) is 0 Å². The maximum Gasteiger partial charge on any atom is 0.295 e. The second-order valence-corrected chi connectivity index (χ2v) is 8.69. The van der Waals surface area contributed by atoms with E-state index in [9.17, 15) is 19.8 Å². The topological polar surface area (TPSA) is 99.5 Å². The highest BCUT2D eigenvalue weighted by Gasteiger charge is 2.46. The van der Waals surface area contributed by atoms with Crippen LogP contribution in [0.3, 0.4) is 0 Å². The number of phenolic OH excluding ortho intramolecular Hbond substituents is 1. The third kappa shape index (κ3) is 5.95. The first-order valence-electron chi connectivity index (χ1n) is 11.9. The maximum atomic E-state index is 13.2. The SMILES string of the molecule is CCCOc1cccc(C(O)=C2C(=O)C(=O)N(CCCN(C)C)C2c2ccc(O)c(OCC)c2)c1. The van der Waals surface area contributed by atoms with Crippen molar-refractivity contribution >= 4 is 17.4 Å². The quantitative estimate of drug-likeness (QED) is 0.284. The fourth-order valence-corrected chi connectivity index (χ4v) is 4.09. The smallest absolute Gasteiger partial charge is 0.295 e. The van der Waals surface area contributed by atoms with E-state index in [1.807, 2.05) is 25.9 Å². The van der Waals surface area contributed by atoms with Gasteiger partial charge in [0.25, 0.3) is 11.7 Å². The van der Waals surface area contributed by atoms with E-state index in [1.54, 1.807) is 43.3 Å². The molecule has 2 aromatic rings. The highest BCUT2D eigenvalue weighted by atomic mass is 16.5. The molecule has 1 aliphatic rings. The summed E-state index contributed by atoms with van der Waals surface area (Å²) in [5, 5.41) is 21.5. The van der Waals surface area contributed by atoms with Gasteiger partial charge in [0.1, 0.15) is 11.5 Å². The van der Waals surface area contributed by atoms with Crippen LogP contribution in [0.4, 0.5) is 0 Å². The number of aromatic hydroxyl groups is 1. The summed E-state index contributed by atoms with van der Waals surface area (Å²) in [4.78, 5) is 29.8. The molecule has 8 nitrogen and oxygen atoms in total. The Labute approximate surface area is 206 Å². The van der Waals surface area contributed by atoms with Gasteiger partial charge in [-0.05, 0) is 70.2 Å². The number of hydrogen-bond donors (Lipinski definition) is 2. The van der Waals surface area contributed by atoms with Crippen LogP contribution in [0.5, 0.6) is 17.2 Å². The van der Waals surface area contributed by atoms with Crippen LogP contribution in [0.2, 0.25) is 0 Å². The summed E-state index contributed by atoms with van der Waals surface area (Å²) in [7, 11) is 3.88. The standard InChI is InChI=1S/C27H34N2O6/c1-5-15-35-20-10-7-9-19(16-20)25(31)23-24(18-11-12-21(30)22(17-18)34-6-2)29(27(33)26(23)32)14-8-13-28(3)4/h7,9-12,16-17,24,30-31H,5-6,8,13-15H2,1-4H3. The van der Waals surface area contributed by atoms with Crippen LogP contribution in [0.1, 0.15) is 43.9 Å².